The van der Waals surface area contributed by atoms with Crippen molar-refractivity contribution in [1.82, 2.24) is 15.1 Å². The zero-order chi connectivity index (χ0) is 27.4. The van der Waals surface area contributed by atoms with Gasteiger partial charge in [0.25, 0.3) is 5.91 Å². The second kappa shape index (κ2) is 9.19. The van der Waals surface area contributed by atoms with Crippen molar-refractivity contribution in [1.29, 1.82) is 0 Å². The largest absolute Gasteiger partial charge is 0.334 e. The lowest BCUT2D eigenvalue weighted by atomic mass is 9.92. The van der Waals surface area contributed by atoms with Crippen LogP contribution in [0, 0.1) is 11.7 Å². The van der Waals surface area contributed by atoms with Crippen molar-refractivity contribution in [2.24, 2.45) is 5.92 Å². The van der Waals surface area contributed by atoms with Gasteiger partial charge in [0.2, 0.25) is 11.8 Å². The number of nitrogens with zero attached hydrogens (tertiary/aromatic N) is 2. The summed E-state index contributed by atoms with van der Waals surface area (Å²) in [5.74, 6) is -2.49. The average Bonchev–Trinajstić information content (AvgIpc) is 3.64. The minimum absolute atomic E-state index is 0.0921. The Morgan fingerprint density at radius 3 is 2.50 bits per heavy atom. The molecule has 2 atom stereocenters. The third kappa shape index (κ3) is 4.53. The van der Waals surface area contributed by atoms with E-state index < -0.39 is 57.2 Å². The molecule has 1 aliphatic carbocycles. The number of amides is 5. The minimum atomic E-state index is -3.98. The number of benzene rings is 2. The van der Waals surface area contributed by atoms with Gasteiger partial charge in [0.1, 0.15) is 12.4 Å². The molecule has 2 unspecified atom stereocenters. The highest BCUT2D eigenvalue weighted by Gasteiger charge is 2.60. The molecule has 38 heavy (non-hydrogen) atoms. The summed E-state index contributed by atoms with van der Waals surface area (Å²) in [4.78, 5) is 53.7. The Morgan fingerprint density at radius 1 is 1.18 bits per heavy atom. The fourth-order valence-corrected chi connectivity index (χ4v) is 7.17. The fourth-order valence-electron chi connectivity index (χ4n) is 5.21. The zero-order valence-electron chi connectivity index (χ0n) is 20.9. The smallest absolute Gasteiger partial charge is 0.325 e. The van der Waals surface area contributed by atoms with Crippen LogP contribution in [0.25, 0.3) is 0 Å². The number of imide groups is 1. The van der Waals surface area contributed by atoms with Crippen LogP contribution in [-0.2, 0) is 36.3 Å². The van der Waals surface area contributed by atoms with Crippen molar-refractivity contribution >= 4 is 39.3 Å². The lowest BCUT2D eigenvalue weighted by Crippen LogP contribution is -2.48. The first-order valence-corrected chi connectivity index (χ1v) is 13.9. The number of nitrogens with one attached hydrogen (secondary N) is 2. The maximum atomic E-state index is 13.6. The summed E-state index contributed by atoms with van der Waals surface area (Å²) in [6.07, 6.45) is 1.91. The SMILES string of the molecule is CC(=O)Nc1ccc2c(c1)S(=O)(=O)CC21NC(=O)N(CC(=O)N(Cc2ccc(F)cc2)C(C)C2CC2)C1=O. The highest BCUT2D eigenvalue weighted by molar-refractivity contribution is 7.92. The molecule has 1 saturated heterocycles. The van der Waals surface area contributed by atoms with Crippen molar-refractivity contribution in [2.45, 2.75) is 49.7 Å². The number of hydrogen-bond donors (Lipinski definition) is 2. The molecule has 2 N–H and O–H groups in total. The second-order valence-electron chi connectivity index (χ2n) is 10.1. The Balaban J connectivity index is 1.41. The molecular formula is C26H27FN4O6S. The van der Waals surface area contributed by atoms with E-state index in [4.69, 9.17) is 0 Å². The van der Waals surface area contributed by atoms with Crippen LogP contribution in [0.15, 0.2) is 47.4 Å². The summed E-state index contributed by atoms with van der Waals surface area (Å²) < 4.78 is 39.4. The van der Waals surface area contributed by atoms with Crippen LogP contribution in [0.1, 0.15) is 37.8 Å². The van der Waals surface area contributed by atoms with Crippen LogP contribution in [0.5, 0.6) is 0 Å². The molecule has 1 saturated carbocycles. The third-order valence-electron chi connectivity index (χ3n) is 7.35. The van der Waals surface area contributed by atoms with Crippen LogP contribution < -0.4 is 10.6 Å². The molecule has 2 aromatic rings. The highest BCUT2D eigenvalue weighted by atomic mass is 32.2. The summed E-state index contributed by atoms with van der Waals surface area (Å²) in [6, 6.07) is 8.84. The molecule has 2 fully saturated rings. The molecule has 2 heterocycles. The number of hydrogen-bond acceptors (Lipinski definition) is 6. The minimum Gasteiger partial charge on any atom is -0.334 e. The standard InChI is InChI=1S/C26H27FN4O6S/c1-15(18-5-6-18)30(12-17-3-7-19(27)8-4-17)23(33)13-31-24(34)26(29-25(31)35)14-38(36,37)22-11-20(28-16(2)32)9-10-21(22)26/h3-4,7-11,15,18H,5-6,12-14H2,1-2H3,(H,28,32)(H,29,35). The molecule has 10 nitrogen and oxygen atoms in total. The van der Waals surface area contributed by atoms with Crippen LogP contribution in [-0.4, -0.2) is 60.3 Å². The number of fused-ring (bicyclic) bond motifs is 2. The van der Waals surface area contributed by atoms with E-state index in [1.807, 2.05) is 6.92 Å². The molecule has 2 aliphatic heterocycles. The van der Waals surface area contributed by atoms with Gasteiger partial charge in [0, 0.05) is 30.8 Å². The predicted molar refractivity (Wildman–Crippen MR) is 134 cm³/mol. The van der Waals surface area contributed by atoms with E-state index in [0.717, 1.165) is 17.7 Å². The quantitative estimate of drug-likeness (QED) is 0.515. The number of urea groups is 1. The van der Waals surface area contributed by atoms with E-state index in [1.165, 1.54) is 37.3 Å². The third-order valence-corrected chi connectivity index (χ3v) is 9.18. The van der Waals surface area contributed by atoms with Gasteiger partial charge in [-0.2, -0.15) is 0 Å². The van der Waals surface area contributed by atoms with E-state index in [0.29, 0.717) is 11.5 Å². The lowest BCUT2D eigenvalue weighted by molar-refractivity contribution is -0.140. The summed E-state index contributed by atoms with van der Waals surface area (Å²) >= 11 is 0. The second-order valence-corrected chi connectivity index (χ2v) is 12.1. The summed E-state index contributed by atoms with van der Waals surface area (Å²) in [5, 5.41) is 5.03. The first-order valence-electron chi connectivity index (χ1n) is 12.2. The highest BCUT2D eigenvalue weighted by Crippen LogP contribution is 2.43. The van der Waals surface area contributed by atoms with Crippen LogP contribution >= 0.6 is 0 Å². The maximum absolute atomic E-state index is 13.6. The number of rotatable bonds is 7. The molecule has 5 rings (SSSR count). The maximum Gasteiger partial charge on any atom is 0.325 e. The predicted octanol–water partition coefficient (Wildman–Crippen LogP) is 2.15. The van der Waals surface area contributed by atoms with E-state index in [1.54, 1.807) is 17.0 Å². The van der Waals surface area contributed by atoms with Crippen molar-refractivity contribution in [2.75, 3.05) is 17.6 Å². The van der Waals surface area contributed by atoms with E-state index >= 15 is 0 Å². The molecule has 0 aromatic heterocycles. The molecule has 200 valence electrons. The van der Waals surface area contributed by atoms with Crippen LogP contribution in [0.3, 0.4) is 0 Å². The number of anilines is 1. The summed E-state index contributed by atoms with van der Waals surface area (Å²) in [5.41, 5.74) is -0.822. The van der Waals surface area contributed by atoms with Gasteiger partial charge in [-0.3, -0.25) is 19.3 Å². The van der Waals surface area contributed by atoms with Gasteiger partial charge < -0.3 is 15.5 Å². The monoisotopic (exact) mass is 542 g/mol. The Labute approximate surface area is 219 Å². The van der Waals surface area contributed by atoms with Crippen molar-refractivity contribution in [3.8, 4) is 0 Å². The molecule has 12 heteroatoms. The molecule has 0 bridgehead atoms. The van der Waals surface area contributed by atoms with Crippen LogP contribution in [0.4, 0.5) is 14.9 Å². The molecule has 1 spiro atoms. The van der Waals surface area contributed by atoms with Crippen molar-refractivity contribution in [3.63, 3.8) is 0 Å². The van der Waals surface area contributed by atoms with Gasteiger partial charge in [-0.1, -0.05) is 18.2 Å². The van der Waals surface area contributed by atoms with E-state index in [-0.39, 0.29) is 28.7 Å². The average molecular weight is 543 g/mol. The Bertz CT molecular complexity index is 1460. The number of carbonyl (C=O) groups is 4. The number of carbonyl (C=O) groups excluding carboxylic acids is 4. The summed E-state index contributed by atoms with van der Waals surface area (Å²) in [7, 11) is -3.98. The van der Waals surface area contributed by atoms with Gasteiger partial charge in [0.05, 0.1) is 10.6 Å². The first kappa shape index (κ1) is 25.8. The van der Waals surface area contributed by atoms with Crippen LogP contribution in [0.2, 0.25) is 0 Å². The molecule has 0 radical (unpaired) electrons. The topological polar surface area (TPSA) is 133 Å². The van der Waals surface area contributed by atoms with Gasteiger partial charge >= 0.3 is 6.03 Å². The molecular weight excluding hydrogens is 515 g/mol. The molecule has 2 aromatic carbocycles. The Morgan fingerprint density at radius 2 is 1.87 bits per heavy atom. The fraction of sp³-hybridized carbons (Fsp3) is 0.385. The van der Waals surface area contributed by atoms with E-state index in [2.05, 4.69) is 10.6 Å². The van der Waals surface area contributed by atoms with Gasteiger partial charge in [-0.25, -0.2) is 17.6 Å². The van der Waals surface area contributed by atoms with Crippen molar-refractivity contribution < 1.29 is 32.0 Å². The first-order chi connectivity index (χ1) is 17.9. The Hall–Kier alpha value is -3.80. The Kier molecular flexibility index (Phi) is 6.25. The van der Waals surface area contributed by atoms with E-state index in [9.17, 15) is 32.0 Å². The molecule has 3 aliphatic rings. The summed E-state index contributed by atoms with van der Waals surface area (Å²) in [6.45, 7) is 2.79. The van der Waals surface area contributed by atoms with Gasteiger partial charge in [-0.15, -0.1) is 0 Å². The van der Waals surface area contributed by atoms with Gasteiger partial charge in [-0.05, 0) is 55.5 Å². The van der Waals surface area contributed by atoms with Gasteiger partial charge in [0.15, 0.2) is 15.4 Å². The number of sulfone groups is 1. The lowest BCUT2D eigenvalue weighted by Gasteiger charge is -2.31. The zero-order valence-corrected chi connectivity index (χ0v) is 21.7. The van der Waals surface area contributed by atoms with Crippen molar-refractivity contribution in [3.05, 3.63) is 59.4 Å². The number of halogens is 1. The normalized spacial score (nSPS) is 22.2. The molecule has 5 amide bonds.